The number of aromatic nitrogens is 3. The highest BCUT2D eigenvalue weighted by atomic mass is 32.2. The van der Waals surface area contributed by atoms with E-state index in [1.54, 1.807) is 24.3 Å². The molecule has 0 aliphatic carbocycles. The van der Waals surface area contributed by atoms with Crippen LogP contribution >= 0.6 is 11.8 Å². The van der Waals surface area contributed by atoms with Crippen molar-refractivity contribution >= 4 is 29.3 Å². The maximum Gasteiger partial charge on any atom is 0.237 e. The number of anilines is 2. The quantitative estimate of drug-likeness (QED) is 0.577. The first kappa shape index (κ1) is 21.9. The number of hydrogen-bond donors (Lipinski definition) is 1. The van der Waals surface area contributed by atoms with E-state index in [2.05, 4.69) is 32.5 Å². The molecule has 1 fully saturated rings. The van der Waals surface area contributed by atoms with Crippen LogP contribution in [0.3, 0.4) is 0 Å². The molecule has 1 N–H and O–H groups in total. The summed E-state index contributed by atoms with van der Waals surface area (Å²) in [5, 5.41) is 21.1. The summed E-state index contributed by atoms with van der Waals surface area (Å²) in [5.74, 6) is 0.576. The van der Waals surface area contributed by atoms with Crippen LogP contribution in [0.15, 0.2) is 53.7 Å². The number of nitrogens with zero attached hydrogens (tertiary/aromatic N) is 5. The fourth-order valence-electron chi connectivity index (χ4n) is 3.42. The SMILES string of the molecule is Cc1cccc(-n2c(SC(C)C(=O)Nc3cccc(C#N)c3)nnc2N2CCOCC2)c1. The van der Waals surface area contributed by atoms with E-state index >= 15 is 0 Å². The van der Waals surface area contributed by atoms with E-state index in [-0.39, 0.29) is 5.91 Å². The first-order chi connectivity index (χ1) is 15.5. The standard InChI is InChI=1S/C23H24N6O2S/c1-16-5-3-8-20(13-16)29-22(28-9-11-31-12-10-28)26-27-23(29)32-17(2)21(30)25-19-7-4-6-18(14-19)15-24/h3-8,13-14,17H,9-12H2,1-2H3,(H,25,30). The molecule has 0 radical (unpaired) electrons. The largest absolute Gasteiger partial charge is 0.378 e. The fourth-order valence-corrected chi connectivity index (χ4v) is 4.28. The van der Waals surface area contributed by atoms with Crippen LogP contribution in [-0.2, 0) is 9.53 Å². The number of amides is 1. The minimum Gasteiger partial charge on any atom is -0.378 e. The molecule has 32 heavy (non-hydrogen) atoms. The van der Waals surface area contributed by atoms with Crippen LogP contribution in [0.4, 0.5) is 11.6 Å². The molecular weight excluding hydrogens is 424 g/mol. The fraction of sp³-hybridized carbons (Fsp3) is 0.304. The number of carbonyl (C=O) groups is 1. The Morgan fingerprint density at radius 3 is 2.72 bits per heavy atom. The van der Waals surface area contributed by atoms with Crippen LogP contribution in [0.5, 0.6) is 0 Å². The van der Waals surface area contributed by atoms with Crippen molar-refractivity contribution in [2.75, 3.05) is 36.5 Å². The molecule has 0 spiro atoms. The lowest BCUT2D eigenvalue weighted by Crippen LogP contribution is -2.38. The average Bonchev–Trinajstić information content (AvgIpc) is 3.23. The van der Waals surface area contributed by atoms with Crippen LogP contribution in [0, 0.1) is 18.3 Å². The van der Waals surface area contributed by atoms with Crippen molar-refractivity contribution < 1.29 is 9.53 Å². The molecule has 164 valence electrons. The first-order valence-corrected chi connectivity index (χ1v) is 11.3. The average molecular weight is 449 g/mol. The minimum absolute atomic E-state index is 0.170. The molecule has 1 aliphatic rings. The predicted molar refractivity (Wildman–Crippen MR) is 124 cm³/mol. The van der Waals surface area contributed by atoms with Gasteiger partial charge in [-0.3, -0.25) is 9.36 Å². The van der Waals surface area contributed by atoms with E-state index in [1.165, 1.54) is 11.8 Å². The van der Waals surface area contributed by atoms with E-state index < -0.39 is 5.25 Å². The number of nitriles is 1. The van der Waals surface area contributed by atoms with Gasteiger partial charge in [-0.05, 0) is 49.7 Å². The van der Waals surface area contributed by atoms with Gasteiger partial charge in [-0.1, -0.05) is 30.0 Å². The number of aryl methyl sites for hydroxylation is 1. The Kier molecular flexibility index (Phi) is 6.73. The van der Waals surface area contributed by atoms with Gasteiger partial charge in [0.2, 0.25) is 11.9 Å². The zero-order valence-electron chi connectivity index (χ0n) is 18.0. The summed E-state index contributed by atoms with van der Waals surface area (Å²) in [5.41, 5.74) is 3.17. The Hall–Kier alpha value is -3.35. The number of rotatable bonds is 6. The summed E-state index contributed by atoms with van der Waals surface area (Å²) < 4.78 is 7.49. The summed E-state index contributed by atoms with van der Waals surface area (Å²) in [6.45, 7) is 6.63. The molecular formula is C23H24N6O2S. The molecule has 0 saturated carbocycles. The van der Waals surface area contributed by atoms with Crippen molar-refractivity contribution in [1.82, 2.24) is 14.8 Å². The Morgan fingerprint density at radius 2 is 1.97 bits per heavy atom. The highest BCUT2D eigenvalue weighted by Gasteiger charge is 2.25. The molecule has 9 heteroatoms. The molecule has 1 unspecified atom stereocenters. The van der Waals surface area contributed by atoms with Crippen LogP contribution in [0.1, 0.15) is 18.1 Å². The van der Waals surface area contributed by atoms with E-state index in [0.29, 0.717) is 29.6 Å². The summed E-state index contributed by atoms with van der Waals surface area (Å²) in [6.07, 6.45) is 0. The molecule has 1 aliphatic heterocycles. The van der Waals surface area contributed by atoms with Gasteiger partial charge in [-0.25, -0.2) is 0 Å². The van der Waals surface area contributed by atoms with Gasteiger partial charge in [0.25, 0.3) is 0 Å². The molecule has 1 atom stereocenters. The maximum absolute atomic E-state index is 12.8. The smallest absolute Gasteiger partial charge is 0.237 e. The van der Waals surface area contributed by atoms with Crippen molar-refractivity contribution in [3.05, 3.63) is 59.7 Å². The lowest BCUT2D eigenvalue weighted by molar-refractivity contribution is -0.115. The number of ether oxygens (including phenoxy) is 1. The maximum atomic E-state index is 12.8. The Bertz CT molecular complexity index is 1150. The van der Waals surface area contributed by atoms with E-state index in [1.807, 2.05) is 36.6 Å². The van der Waals surface area contributed by atoms with Gasteiger partial charge >= 0.3 is 0 Å². The molecule has 1 saturated heterocycles. The van der Waals surface area contributed by atoms with Gasteiger partial charge < -0.3 is 15.0 Å². The van der Waals surface area contributed by atoms with Gasteiger partial charge in [0.15, 0.2) is 5.16 Å². The van der Waals surface area contributed by atoms with Crippen molar-refractivity contribution in [3.8, 4) is 11.8 Å². The number of hydrogen-bond acceptors (Lipinski definition) is 7. The third-order valence-corrected chi connectivity index (χ3v) is 6.12. The molecule has 1 aromatic heterocycles. The van der Waals surface area contributed by atoms with E-state index in [4.69, 9.17) is 10.00 Å². The Labute approximate surface area is 191 Å². The lowest BCUT2D eigenvalue weighted by Gasteiger charge is -2.28. The number of thioether (sulfide) groups is 1. The zero-order valence-corrected chi connectivity index (χ0v) is 18.8. The first-order valence-electron chi connectivity index (χ1n) is 10.4. The van der Waals surface area contributed by atoms with Crippen LogP contribution in [0.2, 0.25) is 0 Å². The number of nitrogens with one attached hydrogen (secondary N) is 1. The summed E-state index contributed by atoms with van der Waals surface area (Å²) in [6, 6.07) is 17.1. The summed E-state index contributed by atoms with van der Waals surface area (Å²) in [4.78, 5) is 15.0. The van der Waals surface area contributed by atoms with Crippen molar-refractivity contribution in [3.63, 3.8) is 0 Å². The number of morpholine rings is 1. The van der Waals surface area contributed by atoms with Gasteiger partial charge in [0, 0.05) is 18.8 Å². The second-order valence-electron chi connectivity index (χ2n) is 7.50. The normalized spacial score (nSPS) is 14.6. The Morgan fingerprint density at radius 1 is 1.19 bits per heavy atom. The molecule has 8 nitrogen and oxygen atoms in total. The minimum atomic E-state index is -0.425. The van der Waals surface area contributed by atoms with Gasteiger partial charge in [-0.15, -0.1) is 10.2 Å². The van der Waals surface area contributed by atoms with Crippen molar-refractivity contribution in [2.45, 2.75) is 24.3 Å². The predicted octanol–water partition coefficient (Wildman–Crippen LogP) is 3.40. The van der Waals surface area contributed by atoms with E-state index in [9.17, 15) is 4.79 Å². The second-order valence-corrected chi connectivity index (χ2v) is 8.81. The molecule has 2 aromatic carbocycles. The zero-order chi connectivity index (χ0) is 22.5. The van der Waals surface area contributed by atoms with Crippen LogP contribution in [-0.4, -0.2) is 52.2 Å². The monoisotopic (exact) mass is 448 g/mol. The molecule has 4 rings (SSSR count). The van der Waals surface area contributed by atoms with Gasteiger partial charge in [-0.2, -0.15) is 5.26 Å². The van der Waals surface area contributed by atoms with Gasteiger partial charge in [0.05, 0.1) is 35.8 Å². The molecule has 3 aromatic rings. The third kappa shape index (κ3) is 4.93. The second kappa shape index (κ2) is 9.85. The van der Waals surface area contributed by atoms with Crippen LogP contribution < -0.4 is 10.2 Å². The topological polar surface area (TPSA) is 96.1 Å². The van der Waals surface area contributed by atoms with E-state index in [0.717, 1.165) is 30.3 Å². The Balaban J connectivity index is 1.59. The van der Waals surface area contributed by atoms with Crippen molar-refractivity contribution in [1.29, 1.82) is 5.26 Å². The number of carbonyl (C=O) groups excluding carboxylic acids is 1. The number of benzene rings is 2. The van der Waals surface area contributed by atoms with Crippen LogP contribution in [0.25, 0.3) is 5.69 Å². The molecule has 0 bridgehead atoms. The highest BCUT2D eigenvalue weighted by molar-refractivity contribution is 8.00. The van der Waals surface area contributed by atoms with Gasteiger partial charge in [0.1, 0.15) is 0 Å². The van der Waals surface area contributed by atoms with Crippen molar-refractivity contribution in [2.24, 2.45) is 0 Å². The lowest BCUT2D eigenvalue weighted by atomic mass is 10.2. The highest BCUT2D eigenvalue weighted by Crippen LogP contribution is 2.30. The molecule has 1 amide bonds. The summed E-state index contributed by atoms with van der Waals surface area (Å²) >= 11 is 1.35. The third-order valence-electron chi connectivity index (χ3n) is 5.08. The summed E-state index contributed by atoms with van der Waals surface area (Å²) in [7, 11) is 0. The molecule has 2 heterocycles.